The summed E-state index contributed by atoms with van der Waals surface area (Å²) in [5.41, 5.74) is 1.74. The van der Waals surface area contributed by atoms with Gasteiger partial charge < -0.3 is 4.74 Å². The van der Waals surface area contributed by atoms with E-state index >= 15 is 0 Å². The topological polar surface area (TPSA) is 101 Å². The van der Waals surface area contributed by atoms with Crippen LogP contribution < -0.4 is 4.72 Å². The van der Waals surface area contributed by atoms with Gasteiger partial charge in [0.2, 0.25) is 0 Å². The number of benzene rings is 1. The first kappa shape index (κ1) is 19.0. The van der Waals surface area contributed by atoms with Gasteiger partial charge in [0.25, 0.3) is 10.0 Å². The van der Waals surface area contributed by atoms with Crippen molar-refractivity contribution in [3.63, 3.8) is 0 Å². The minimum absolute atomic E-state index is 0.0591. The molecule has 2 N–H and O–H groups in total. The van der Waals surface area contributed by atoms with Crippen LogP contribution in [-0.4, -0.2) is 31.7 Å². The molecule has 0 radical (unpaired) electrons. The van der Waals surface area contributed by atoms with E-state index in [1.165, 1.54) is 25.3 Å². The zero-order chi connectivity index (χ0) is 18.6. The van der Waals surface area contributed by atoms with Crippen molar-refractivity contribution in [1.29, 1.82) is 0 Å². The Morgan fingerprint density at radius 3 is 2.68 bits per heavy atom. The van der Waals surface area contributed by atoms with Gasteiger partial charge in [-0.25, -0.2) is 13.2 Å². The van der Waals surface area contributed by atoms with E-state index < -0.39 is 16.0 Å². The summed E-state index contributed by atoms with van der Waals surface area (Å²) < 4.78 is 32.2. The van der Waals surface area contributed by atoms with E-state index in [1.54, 1.807) is 13.0 Å². The lowest BCUT2D eigenvalue weighted by Gasteiger charge is -2.09. The van der Waals surface area contributed by atoms with E-state index in [1.807, 2.05) is 0 Å². The Hall–Kier alpha value is -2.35. The number of aromatic amines is 1. The second-order valence-electron chi connectivity index (χ2n) is 5.97. The van der Waals surface area contributed by atoms with Gasteiger partial charge in [0, 0.05) is 11.8 Å². The van der Waals surface area contributed by atoms with E-state index in [-0.39, 0.29) is 16.6 Å². The predicted octanol–water partition coefficient (Wildman–Crippen LogP) is 3.21. The van der Waals surface area contributed by atoms with Crippen molar-refractivity contribution in [3.05, 3.63) is 41.1 Å². The number of hydrogen-bond acceptors (Lipinski definition) is 5. The summed E-state index contributed by atoms with van der Waals surface area (Å²) in [4.78, 5) is 11.7. The molecule has 0 fully saturated rings. The SMILES string of the molecule is CCCC(C)c1cc(NS(=O)(=O)c2ccc(C(=O)OC)c(C)c2)n[nH]1. The molecule has 7 nitrogen and oxygen atoms in total. The van der Waals surface area contributed by atoms with E-state index in [4.69, 9.17) is 0 Å². The molecular formula is C17H23N3O4S. The van der Waals surface area contributed by atoms with Crippen LogP contribution in [0.4, 0.5) is 5.82 Å². The van der Waals surface area contributed by atoms with Gasteiger partial charge in [-0.2, -0.15) is 5.10 Å². The minimum atomic E-state index is -3.79. The third kappa shape index (κ3) is 4.39. The van der Waals surface area contributed by atoms with Crippen molar-refractivity contribution < 1.29 is 17.9 Å². The van der Waals surface area contributed by atoms with Crippen molar-refractivity contribution in [2.75, 3.05) is 11.8 Å². The van der Waals surface area contributed by atoms with Gasteiger partial charge in [0.05, 0.1) is 17.6 Å². The van der Waals surface area contributed by atoms with Crippen LogP contribution in [0, 0.1) is 6.92 Å². The highest BCUT2D eigenvalue weighted by Gasteiger charge is 2.19. The summed E-state index contributed by atoms with van der Waals surface area (Å²) in [7, 11) is -2.51. The highest BCUT2D eigenvalue weighted by atomic mass is 32.2. The Morgan fingerprint density at radius 2 is 2.08 bits per heavy atom. The fourth-order valence-corrected chi connectivity index (χ4v) is 3.65. The first-order chi connectivity index (χ1) is 11.8. The normalized spacial score (nSPS) is 12.6. The Morgan fingerprint density at radius 1 is 1.36 bits per heavy atom. The number of H-pyrrole nitrogens is 1. The maximum Gasteiger partial charge on any atom is 0.338 e. The van der Waals surface area contributed by atoms with Crippen LogP contribution in [0.3, 0.4) is 0 Å². The average molecular weight is 365 g/mol. The molecule has 2 aromatic rings. The van der Waals surface area contributed by atoms with Crippen molar-refractivity contribution >= 4 is 21.8 Å². The number of nitrogens with zero attached hydrogens (tertiary/aromatic N) is 1. The first-order valence-electron chi connectivity index (χ1n) is 8.05. The van der Waals surface area contributed by atoms with Crippen LogP contribution in [0.1, 0.15) is 54.2 Å². The third-order valence-corrected chi connectivity index (χ3v) is 5.36. The van der Waals surface area contributed by atoms with Crippen LogP contribution in [0.25, 0.3) is 0 Å². The average Bonchev–Trinajstić information content (AvgIpc) is 3.02. The maximum absolute atomic E-state index is 12.5. The van der Waals surface area contributed by atoms with E-state index in [0.29, 0.717) is 11.1 Å². The van der Waals surface area contributed by atoms with E-state index in [0.717, 1.165) is 18.5 Å². The molecule has 1 aromatic heterocycles. The van der Waals surface area contributed by atoms with Gasteiger partial charge in [-0.3, -0.25) is 9.82 Å². The zero-order valence-electron chi connectivity index (χ0n) is 14.8. The van der Waals surface area contributed by atoms with Crippen LogP contribution in [0.15, 0.2) is 29.2 Å². The van der Waals surface area contributed by atoms with Gasteiger partial charge in [0.15, 0.2) is 5.82 Å². The molecule has 1 heterocycles. The third-order valence-electron chi connectivity index (χ3n) is 4.00. The molecule has 0 aliphatic rings. The molecule has 0 aliphatic heterocycles. The lowest BCUT2D eigenvalue weighted by atomic mass is 10.0. The van der Waals surface area contributed by atoms with Crippen LogP contribution >= 0.6 is 0 Å². The number of nitrogens with one attached hydrogen (secondary N) is 2. The number of sulfonamides is 1. The van der Waals surface area contributed by atoms with Crippen molar-refractivity contribution in [2.24, 2.45) is 0 Å². The van der Waals surface area contributed by atoms with Crippen LogP contribution in [0.5, 0.6) is 0 Å². The fraction of sp³-hybridized carbons (Fsp3) is 0.412. The monoisotopic (exact) mass is 365 g/mol. The van der Waals surface area contributed by atoms with Crippen LogP contribution in [0.2, 0.25) is 0 Å². The molecule has 0 aliphatic carbocycles. The number of aromatic nitrogens is 2. The molecule has 1 aromatic carbocycles. The Balaban J connectivity index is 2.22. The summed E-state index contributed by atoms with van der Waals surface area (Å²) in [5.74, 6) is 0.0150. The molecule has 25 heavy (non-hydrogen) atoms. The van der Waals surface area contributed by atoms with Crippen LogP contribution in [-0.2, 0) is 14.8 Å². The fourth-order valence-electron chi connectivity index (χ4n) is 2.57. The van der Waals surface area contributed by atoms with Gasteiger partial charge in [-0.05, 0) is 43.0 Å². The Kier molecular flexibility index (Phi) is 5.84. The minimum Gasteiger partial charge on any atom is -0.465 e. The highest BCUT2D eigenvalue weighted by molar-refractivity contribution is 7.92. The van der Waals surface area contributed by atoms with Gasteiger partial charge in [0.1, 0.15) is 0 Å². The number of esters is 1. The number of rotatable bonds is 7. The summed E-state index contributed by atoms with van der Waals surface area (Å²) >= 11 is 0. The maximum atomic E-state index is 12.5. The van der Waals surface area contributed by atoms with Crippen molar-refractivity contribution in [1.82, 2.24) is 10.2 Å². The summed E-state index contributed by atoms with van der Waals surface area (Å²) in [5, 5.41) is 6.89. The molecule has 0 amide bonds. The number of methoxy groups -OCH3 is 1. The lowest BCUT2D eigenvalue weighted by Crippen LogP contribution is -2.14. The molecule has 0 spiro atoms. The standard InChI is InChI=1S/C17H23N3O4S/c1-5-6-11(2)15-10-16(19-18-15)20-25(22,23)13-7-8-14(12(3)9-13)17(21)24-4/h7-11H,5-6H2,1-4H3,(H2,18,19,20). The van der Waals surface area contributed by atoms with Gasteiger partial charge in [-0.1, -0.05) is 20.3 Å². The second kappa shape index (κ2) is 7.69. The molecule has 0 saturated carbocycles. The van der Waals surface area contributed by atoms with E-state index in [9.17, 15) is 13.2 Å². The number of ether oxygens (including phenoxy) is 1. The van der Waals surface area contributed by atoms with Crippen molar-refractivity contribution in [2.45, 2.75) is 44.4 Å². The predicted molar refractivity (Wildman–Crippen MR) is 95.2 cm³/mol. The molecule has 1 unspecified atom stereocenters. The molecule has 2 rings (SSSR count). The number of anilines is 1. The Bertz CT molecular complexity index is 859. The number of aryl methyl sites for hydroxylation is 1. The van der Waals surface area contributed by atoms with Gasteiger partial charge >= 0.3 is 5.97 Å². The number of hydrogen-bond donors (Lipinski definition) is 2. The first-order valence-corrected chi connectivity index (χ1v) is 9.54. The van der Waals surface area contributed by atoms with Crippen molar-refractivity contribution in [3.8, 4) is 0 Å². The lowest BCUT2D eigenvalue weighted by molar-refractivity contribution is 0.0600. The number of carbonyl (C=O) groups is 1. The molecule has 8 heteroatoms. The summed E-state index contributed by atoms with van der Waals surface area (Å²) in [6.45, 7) is 5.81. The molecule has 0 saturated heterocycles. The van der Waals surface area contributed by atoms with Gasteiger partial charge in [-0.15, -0.1) is 0 Å². The number of carbonyl (C=O) groups excluding carboxylic acids is 1. The molecule has 0 bridgehead atoms. The molecular weight excluding hydrogens is 342 g/mol. The quantitative estimate of drug-likeness (QED) is 0.734. The smallest absolute Gasteiger partial charge is 0.338 e. The van der Waals surface area contributed by atoms with E-state index in [2.05, 4.69) is 33.5 Å². The summed E-state index contributed by atoms with van der Waals surface area (Å²) in [6, 6.07) is 5.94. The highest BCUT2D eigenvalue weighted by Crippen LogP contribution is 2.23. The summed E-state index contributed by atoms with van der Waals surface area (Å²) in [6.07, 6.45) is 2.02. The second-order valence-corrected chi connectivity index (χ2v) is 7.65. The molecule has 1 atom stereocenters. The molecule has 136 valence electrons. The largest absolute Gasteiger partial charge is 0.465 e. The zero-order valence-corrected chi connectivity index (χ0v) is 15.6. The Labute approximate surface area is 147 Å².